The molecule has 0 saturated heterocycles. The summed E-state index contributed by atoms with van der Waals surface area (Å²) in [6.45, 7) is 7.46. The number of carbonyl (C=O) groups is 1. The molecule has 106 valence electrons. The first-order chi connectivity index (χ1) is 8.90. The Morgan fingerprint density at radius 1 is 1.37 bits per heavy atom. The number of aliphatic imine (C=N–C) groups is 1. The number of hydrogen-bond donors (Lipinski definition) is 1. The van der Waals surface area contributed by atoms with Crippen LogP contribution in [-0.2, 0) is 9.53 Å². The van der Waals surface area contributed by atoms with Crippen molar-refractivity contribution in [2.24, 2.45) is 4.99 Å². The predicted octanol–water partition coefficient (Wildman–Crippen LogP) is 2.79. The highest BCUT2D eigenvalue weighted by Crippen LogP contribution is 2.05. The third-order valence-electron chi connectivity index (χ3n) is 2.12. The van der Waals surface area contributed by atoms with E-state index in [1.165, 1.54) is 13.3 Å². The maximum absolute atomic E-state index is 11.1. The SMILES string of the molecule is COC(=O)/C(C=NCCCC#CC[Si](C)(C)C)=C\O. The van der Waals surface area contributed by atoms with Crippen molar-refractivity contribution in [1.29, 1.82) is 0 Å². The Balaban J connectivity index is 3.89. The van der Waals surface area contributed by atoms with Crippen LogP contribution in [0.1, 0.15) is 12.8 Å². The molecule has 0 atom stereocenters. The summed E-state index contributed by atoms with van der Waals surface area (Å²) in [6.07, 6.45) is 3.66. The van der Waals surface area contributed by atoms with Gasteiger partial charge in [0.1, 0.15) is 5.57 Å². The Hall–Kier alpha value is -1.54. The number of nitrogens with zero attached hydrogens (tertiary/aromatic N) is 1. The van der Waals surface area contributed by atoms with Gasteiger partial charge in [-0.3, -0.25) is 4.99 Å². The van der Waals surface area contributed by atoms with E-state index in [0.717, 1.165) is 18.9 Å². The summed E-state index contributed by atoms with van der Waals surface area (Å²) >= 11 is 0. The fourth-order valence-corrected chi connectivity index (χ4v) is 1.75. The molecule has 1 N–H and O–H groups in total. The zero-order valence-electron chi connectivity index (χ0n) is 12.2. The minimum absolute atomic E-state index is 0.0484. The minimum atomic E-state index is -1.06. The average molecular weight is 281 g/mol. The van der Waals surface area contributed by atoms with E-state index >= 15 is 0 Å². The van der Waals surface area contributed by atoms with Crippen LogP contribution in [0.4, 0.5) is 0 Å². The number of aliphatic hydroxyl groups is 1. The van der Waals surface area contributed by atoms with Crippen LogP contribution in [0, 0.1) is 11.8 Å². The van der Waals surface area contributed by atoms with Crippen LogP contribution in [0.2, 0.25) is 25.7 Å². The van der Waals surface area contributed by atoms with Crippen molar-refractivity contribution < 1.29 is 14.6 Å². The average Bonchev–Trinajstić information content (AvgIpc) is 2.35. The van der Waals surface area contributed by atoms with Gasteiger partial charge in [0.15, 0.2) is 0 Å². The van der Waals surface area contributed by atoms with Gasteiger partial charge in [-0.05, 0) is 6.42 Å². The molecule has 0 radical (unpaired) electrons. The summed E-state index contributed by atoms with van der Waals surface area (Å²) in [5, 5.41) is 8.80. The molecular weight excluding hydrogens is 258 g/mol. The molecule has 0 fully saturated rings. The first-order valence-corrected chi connectivity index (χ1v) is 9.99. The maximum atomic E-state index is 11.1. The quantitative estimate of drug-likeness (QED) is 0.155. The molecule has 0 rings (SSSR count). The minimum Gasteiger partial charge on any atom is -0.515 e. The Morgan fingerprint density at radius 2 is 2.05 bits per heavy atom. The topological polar surface area (TPSA) is 58.9 Å². The monoisotopic (exact) mass is 281 g/mol. The summed E-state index contributed by atoms with van der Waals surface area (Å²) in [5.74, 6) is 5.73. The standard InChI is InChI=1S/C14H23NO3Si/c1-18-14(17)13(12-16)11-15-9-7-5-6-8-10-19(2,3)4/h11-12,16H,5,7,9-10H2,1-4H3/b13-12-,15-11?. The van der Waals surface area contributed by atoms with E-state index < -0.39 is 14.0 Å². The van der Waals surface area contributed by atoms with Crippen LogP contribution < -0.4 is 0 Å². The molecule has 5 heteroatoms. The van der Waals surface area contributed by atoms with Gasteiger partial charge in [0, 0.05) is 25.2 Å². The Labute approximate surface area is 116 Å². The third kappa shape index (κ3) is 10.1. The second kappa shape index (κ2) is 9.40. The smallest absolute Gasteiger partial charge is 0.342 e. The van der Waals surface area contributed by atoms with Gasteiger partial charge in [0.05, 0.1) is 21.4 Å². The van der Waals surface area contributed by atoms with Crippen molar-refractivity contribution in [3.05, 3.63) is 11.8 Å². The molecule has 0 aliphatic carbocycles. The number of aliphatic hydroxyl groups excluding tert-OH is 1. The maximum Gasteiger partial charge on any atom is 0.342 e. The number of esters is 1. The van der Waals surface area contributed by atoms with Crippen LogP contribution in [0.5, 0.6) is 0 Å². The zero-order valence-corrected chi connectivity index (χ0v) is 13.2. The van der Waals surface area contributed by atoms with Gasteiger partial charge in [-0.25, -0.2) is 4.79 Å². The molecule has 0 amide bonds. The van der Waals surface area contributed by atoms with Crippen LogP contribution >= 0.6 is 0 Å². The van der Waals surface area contributed by atoms with E-state index in [2.05, 4.69) is 41.2 Å². The lowest BCUT2D eigenvalue weighted by molar-refractivity contribution is -0.135. The van der Waals surface area contributed by atoms with E-state index in [9.17, 15) is 4.79 Å². The lowest BCUT2D eigenvalue weighted by Gasteiger charge is -2.09. The van der Waals surface area contributed by atoms with Crippen LogP contribution in [-0.4, -0.2) is 39.0 Å². The first-order valence-electron chi connectivity index (χ1n) is 6.29. The summed E-state index contributed by atoms with van der Waals surface area (Å²) in [7, 11) is 0.199. The summed E-state index contributed by atoms with van der Waals surface area (Å²) in [4.78, 5) is 15.1. The van der Waals surface area contributed by atoms with Crippen molar-refractivity contribution in [3.63, 3.8) is 0 Å². The van der Waals surface area contributed by atoms with Gasteiger partial charge in [-0.15, -0.1) is 11.8 Å². The molecule has 4 nitrogen and oxygen atoms in total. The summed E-state index contributed by atoms with van der Waals surface area (Å²) < 4.78 is 4.47. The van der Waals surface area contributed by atoms with Gasteiger partial charge in [0.2, 0.25) is 0 Å². The van der Waals surface area contributed by atoms with Gasteiger partial charge >= 0.3 is 5.97 Å². The predicted molar refractivity (Wildman–Crippen MR) is 81.2 cm³/mol. The number of methoxy groups -OCH3 is 1. The molecule has 0 aliphatic rings. The van der Waals surface area contributed by atoms with Crippen molar-refractivity contribution in [2.75, 3.05) is 13.7 Å². The molecule has 19 heavy (non-hydrogen) atoms. The van der Waals surface area contributed by atoms with Gasteiger partial charge in [0.25, 0.3) is 0 Å². The third-order valence-corrected chi connectivity index (χ3v) is 3.36. The molecule has 0 unspecified atom stereocenters. The number of unbranched alkanes of at least 4 members (excludes halogenated alkanes) is 1. The second-order valence-corrected chi connectivity index (χ2v) is 10.8. The molecule has 0 heterocycles. The fourth-order valence-electron chi connectivity index (χ4n) is 1.09. The number of carbonyl (C=O) groups excluding carboxylic acids is 1. The second-order valence-electron chi connectivity index (χ2n) is 5.31. The Bertz CT molecular complexity index is 397. The molecule has 0 bridgehead atoms. The molecule has 0 aliphatic heterocycles. The van der Waals surface area contributed by atoms with Gasteiger partial charge < -0.3 is 9.84 Å². The summed E-state index contributed by atoms with van der Waals surface area (Å²) in [6, 6.07) is 1.02. The van der Waals surface area contributed by atoms with Crippen LogP contribution in [0.3, 0.4) is 0 Å². The normalized spacial score (nSPS) is 12.1. The van der Waals surface area contributed by atoms with Crippen LogP contribution in [0.25, 0.3) is 0 Å². The molecule has 0 spiro atoms. The Kier molecular flexibility index (Phi) is 8.63. The highest BCUT2D eigenvalue weighted by Gasteiger charge is 2.09. The molecule has 0 aromatic carbocycles. The largest absolute Gasteiger partial charge is 0.515 e. The van der Waals surface area contributed by atoms with Gasteiger partial charge in [-0.1, -0.05) is 19.6 Å². The number of ether oxygens (including phenoxy) is 1. The molecular formula is C14H23NO3Si. The van der Waals surface area contributed by atoms with Crippen molar-refractivity contribution in [3.8, 4) is 11.8 Å². The van der Waals surface area contributed by atoms with Crippen molar-refractivity contribution >= 4 is 20.3 Å². The van der Waals surface area contributed by atoms with E-state index in [-0.39, 0.29) is 5.57 Å². The lowest BCUT2D eigenvalue weighted by atomic mass is 10.3. The molecule has 0 saturated carbocycles. The fraction of sp³-hybridized carbons (Fsp3) is 0.571. The lowest BCUT2D eigenvalue weighted by Crippen LogP contribution is -2.17. The Morgan fingerprint density at radius 3 is 2.58 bits per heavy atom. The number of rotatable bonds is 6. The highest BCUT2D eigenvalue weighted by atomic mass is 28.3. The van der Waals surface area contributed by atoms with E-state index in [4.69, 9.17) is 5.11 Å². The van der Waals surface area contributed by atoms with Crippen molar-refractivity contribution in [1.82, 2.24) is 0 Å². The summed E-state index contributed by atoms with van der Waals surface area (Å²) in [5.41, 5.74) is 0.0484. The molecule has 0 aromatic rings. The highest BCUT2D eigenvalue weighted by molar-refractivity contribution is 6.76. The zero-order chi connectivity index (χ0) is 14.7. The number of hydrogen-bond acceptors (Lipinski definition) is 4. The van der Waals surface area contributed by atoms with E-state index in [0.29, 0.717) is 12.8 Å². The van der Waals surface area contributed by atoms with Gasteiger partial charge in [-0.2, -0.15) is 0 Å². The van der Waals surface area contributed by atoms with E-state index in [1.807, 2.05) is 0 Å². The first kappa shape index (κ1) is 17.5. The molecule has 0 aromatic heterocycles. The van der Waals surface area contributed by atoms with E-state index in [1.54, 1.807) is 0 Å². The van der Waals surface area contributed by atoms with Crippen molar-refractivity contribution in [2.45, 2.75) is 38.5 Å². The van der Waals surface area contributed by atoms with Crippen LogP contribution in [0.15, 0.2) is 16.8 Å².